The highest BCUT2D eigenvalue weighted by atomic mass is 35.5. The van der Waals surface area contributed by atoms with Crippen molar-refractivity contribution in [1.29, 1.82) is 5.26 Å². The predicted molar refractivity (Wildman–Crippen MR) is 116 cm³/mol. The number of benzene rings is 2. The highest BCUT2D eigenvalue weighted by Crippen LogP contribution is 2.40. The number of rotatable bonds is 6. The molecule has 8 nitrogen and oxygen atoms in total. The molecular formula is C22H20ClN3O5. The number of anilines is 2. The van der Waals surface area contributed by atoms with Gasteiger partial charge in [-0.15, -0.1) is 0 Å². The third kappa shape index (κ3) is 4.00. The first-order valence-electron chi connectivity index (χ1n) is 9.16. The molecule has 2 aromatic rings. The Bertz CT molecular complexity index is 1090. The minimum absolute atomic E-state index is 0.0871. The van der Waals surface area contributed by atoms with Gasteiger partial charge in [-0.05, 0) is 24.3 Å². The third-order valence-corrected chi connectivity index (χ3v) is 5.14. The monoisotopic (exact) mass is 441 g/mol. The number of methoxy groups -OCH3 is 2. The van der Waals surface area contributed by atoms with Gasteiger partial charge in [0.2, 0.25) is 5.78 Å². The molecule has 0 aliphatic carbocycles. The maximum atomic E-state index is 12.7. The molecule has 0 radical (unpaired) electrons. The van der Waals surface area contributed by atoms with Gasteiger partial charge in [0.05, 0.1) is 36.2 Å². The highest BCUT2D eigenvalue weighted by molar-refractivity contribution is 6.32. The number of Topliss-reactive ketones (excluding diaryl/α,β-unsaturated/α-hetero) is 1. The van der Waals surface area contributed by atoms with Gasteiger partial charge in [0, 0.05) is 14.1 Å². The average Bonchev–Trinajstić information content (AvgIpc) is 3.02. The summed E-state index contributed by atoms with van der Waals surface area (Å²) in [6.07, 6.45) is 0. The van der Waals surface area contributed by atoms with Crippen LogP contribution in [0.1, 0.15) is 10.4 Å². The number of hydrogen-bond donors (Lipinski definition) is 0. The first-order valence-corrected chi connectivity index (χ1v) is 9.54. The Balaban J connectivity index is 1.81. The van der Waals surface area contributed by atoms with Crippen LogP contribution >= 0.6 is 11.6 Å². The molecule has 0 aromatic heterocycles. The molecule has 3 rings (SSSR count). The Morgan fingerprint density at radius 1 is 1.06 bits per heavy atom. The Morgan fingerprint density at radius 2 is 1.68 bits per heavy atom. The van der Waals surface area contributed by atoms with Crippen LogP contribution in [-0.2, 0) is 9.53 Å². The minimum Gasteiger partial charge on any atom is -0.493 e. The van der Waals surface area contributed by atoms with Crippen LogP contribution in [0.2, 0.25) is 5.02 Å². The minimum atomic E-state index is -0.782. The van der Waals surface area contributed by atoms with E-state index in [9.17, 15) is 14.9 Å². The van der Waals surface area contributed by atoms with Crippen LogP contribution in [0, 0.1) is 11.3 Å². The molecule has 0 fully saturated rings. The fraction of sp³-hybridized carbons (Fsp3) is 0.227. The molecule has 1 aliphatic rings. The molecule has 0 bridgehead atoms. The molecule has 1 aliphatic heterocycles. The van der Waals surface area contributed by atoms with Gasteiger partial charge in [0.1, 0.15) is 17.5 Å². The van der Waals surface area contributed by atoms with Gasteiger partial charge in [-0.2, -0.15) is 5.26 Å². The van der Waals surface area contributed by atoms with Gasteiger partial charge in [-0.3, -0.25) is 4.79 Å². The zero-order valence-electron chi connectivity index (χ0n) is 17.4. The van der Waals surface area contributed by atoms with E-state index in [1.54, 1.807) is 23.9 Å². The second kappa shape index (κ2) is 8.98. The highest BCUT2D eigenvalue weighted by Gasteiger charge is 2.31. The zero-order valence-corrected chi connectivity index (χ0v) is 18.2. The Kier molecular flexibility index (Phi) is 6.37. The number of hydrogen-bond acceptors (Lipinski definition) is 8. The standard InChI is InChI=1S/C22H20ClN3O5/c1-25-16-7-5-6-8-17(16)26(2)21(25)14(11-24)18(27)12-31-22(28)13-9-15(23)20(30-4)19(10-13)29-3/h5-10H,12H2,1-4H3. The number of esters is 1. The first kappa shape index (κ1) is 22.0. The molecular weight excluding hydrogens is 422 g/mol. The second-order valence-electron chi connectivity index (χ2n) is 6.61. The van der Waals surface area contributed by atoms with E-state index < -0.39 is 18.4 Å². The summed E-state index contributed by atoms with van der Waals surface area (Å²) in [5.41, 5.74) is 1.69. The number of halogens is 1. The van der Waals surface area contributed by atoms with Crippen molar-refractivity contribution in [2.75, 3.05) is 44.7 Å². The normalized spacial score (nSPS) is 12.2. The van der Waals surface area contributed by atoms with Crippen molar-refractivity contribution in [1.82, 2.24) is 0 Å². The predicted octanol–water partition coefficient (Wildman–Crippen LogP) is 3.40. The largest absolute Gasteiger partial charge is 0.493 e. The van der Waals surface area contributed by atoms with Crippen LogP contribution in [0.4, 0.5) is 11.4 Å². The van der Waals surface area contributed by atoms with Crippen molar-refractivity contribution < 1.29 is 23.8 Å². The Hall–Kier alpha value is -3.70. The van der Waals surface area contributed by atoms with Crippen molar-refractivity contribution in [3.05, 3.63) is 58.4 Å². The smallest absolute Gasteiger partial charge is 0.338 e. The zero-order chi connectivity index (χ0) is 22.7. The van der Waals surface area contributed by atoms with Gasteiger partial charge in [-0.1, -0.05) is 23.7 Å². The van der Waals surface area contributed by atoms with Crippen molar-refractivity contribution in [2.24, 2.45) is 0 Å². The molecule has 0 amide bonds. The topological polar surface area (TPSA) is 92.1 Å². The molecule has 2 aromatic carbocycles. The van der Waals surface area contributed by atoms with Crippen LogP contribution < -0.4 is 19.3 Å². The number of ether oxygens (including phenoxy) is 3. The molecule has 0 saturated carbocycles. The van der Waals surface area contributed by atoms with E-state index in [0.29, 0.717) is 5.82 Å². The number of ketones is 1. The lowest BCUT2D eigenvalue weighted by molar-refractivity contribution is -0.118. The Morgan fingerprint density at radius 3 is 2.19 bits per heavy atom. The van der Waals surface area contributed by atoms with Crippen LogP contribution in [-0.4, -0.2) is 46.7 Å². The Labute approximate surface area is 184 Å². The van der Waals surface area contributed by atoms with Crippen molar-refractivity contribution in [3.8, 4) is 17.6 Å². The fourth-order valence-corrected chi connectivity index (χ4v) is 3.67. The SMILES string of the molecule is COc1cc(C(=O)OCC(=O)C(C#N)=C2N(C)c3ccccc3N2C)cc(Cl)c1OC. The number of carbonyl (C=O) groups excluding carboxylic acids is 2. The van der Waals surface area contributed by atoms with E-state index >= 15 is 0 Å². The lowest BCUT2D eigenvalue weighted by Crippen LogP contribution is -2.27. The fourth-order valence-electron chi connectivity index (χ4n) is 3.38. The number of nitriles is 1. The van der Waals surface area contributed by atoms with Crippen LogP contribution in [0.25, 0.3) is 0 Å². The lowest BCUT2D eigenvalue weighted by Gasteiger charge is -2.19. The van der Waals surface area contributed by atoms with Gasteiger partial charge < -0.3 is 24.0 Å². The van der Waals surface area contributed by atoms with E-state index in [0.717, 1.165) is 11.4 Å². The molecule has 31 heavy (non-hydrogen) atoms. The summed E-state index contributed by atoms with van der Waals surface area (Å²) >= 11 is 6.11. The summed E-state index contributed by atoms with van der Waals surface area (Å²) in [7, 11) is 6.36. The van der Waals surface area contributed by atoms with E-state index in [-0.39, 0.29) is 27.7 Å². The van der Waals surface area contributed by atoms with Gasteiger partial charge >= 0.3 is 5.97 Å². The average molecular weight is 442 g/mol. The molecule has 0 unspecified atom stereocenters. The van der Waals surface area contributed by atoms with Crippen LogP contribution in [0.3, 0.4) is 0 Å². The van der Waals surface area contributed by atoms with Gasteiger partial charge in [0.25, 0.3) is 0 Å². The summed E-state index contributed by atoms with van der Waals surface area (Å²) in [6, 6.07) is 12.2. The van der Waals surface area contributed by atoms with Gasteiger partial charge in [0.15, 0.2) is 18.1 Å². The molecule has 0 saturated heterocycles. The second-order valence-corrected chi connectivity index (χ2v) is 7.02. The first-order chi connectivity index (χ1) is 14.8. The van der Waals surface area contributed by atoms with E-state index in [4.69, 9.17) is 25.8 Å². The van der Waals surface area contributed by atoms with Gasteiger partial charge in [-0.25, -0.2) is 4.79 Å². The summed E-state index contributed by atoms with van der Waals surface area (Å²) in [5.74, 6) is -0.460. The summed E-state index contributed by atoms with van der Waals surface area (Å²) in [4.78, 5) is 28.7. The molecule has 160 valence electrons. The number of nitrogens with zero attached hydrogens (tertiary/aromatic N) is 3. The van der Waals surface area contributed by atoms with E-state index in [2.05, 4.69) is 0 Å². The van der Waals surface area contributed by atoms with Crippen LogP contribution in [0.15, 0.2) is 47.8 Å². The maximum absolute atomic E-state index is 12.7. The molecule has 0 atom stereocenters. The number of fused-ring (bicyclic) bond motifs is 1. The van der Waals surface area contributed by atoms with Crippen molar-refractivity contribution in [3.63, 3.8) is 0 Å². The molecule has 9 heteroatoms. The van der Waals surface area contributed by atoms with Crippen molar-refractivity contribution in [2.45, 2.75) is 0 Å². The molecule has 0 spiro atoms. The summed E-state index contributed by atoms with van der Waals surface area (Å²) < 4.78 is 15.4. The molecule has 0 N–H and O–H groups in total. The third-order valence-electron chi connectivity index (χ3n) is 4.86. The van der Waals surface area contributed by atoms with E-state index in [1.807, 2.05) is 30.3 Å². The number of carbonyl (C=O) groups is 2. The number of para-hydroxylation sites is 2. The lowest BCUT2D eigenvalue weighted by atomic mass is 10.1. The van der Waals surface area contributed by atoms with Crippen molar-refractivity contribution >= 4 is 34.7 Å². The summed E-state index contributed by atoms with van der Waals surface area (Å²) in [5, 5.41) is 9.80. The molecule has 1 heterocycles. The van der Waals surface area contributed by atoms with Crippen LogP contribution in [0.5, 0.6) is 11.5 Å². The van der Waals surface area contributed by atoms with E-state index in [1.165, 1.54) is 26.4 Å². The quantitative estimate of drug-likeness (QED) is 0.382. The maximum Gasteiger partial charge on any atom is 0.338 e. The summed E-state index contributed by atoms with van der Waals surface area (Å²) in [6.45, 7) is -0.602.